The molecule has 3 N–H and O–H groups in total. The van der Waals surface area contributed by atoms with Crippen molar-refractivity contribution in [3.8, 4) is 29.1 Å². The van der Waals surface area contributed by atoms with E-state index in [1.807, 2.05) is 20.9 Å². The number of benzene rings is 3. The van der Waals surface area contributed by atoms with Gasteiger partial charge in [-0.25, -0.2) is 4.79 Å². The third-order valence-corrected chi connectivity index (χ3v) is 13.0. The second kappa shape index (κ2) is 13.1. The number of aromatic hydroxyl groups is 2. The maximum Gasteiger partial charge on any atom is 0.416 e. The number of fused-ring (bicyclic) bond motifs is 10. The SMILES string of the molecule is Cc1cc2c(c(O)c1C)[C@@H]1C3[C@@H]4SC[C@H](NC(=O)/C=C/c5ccc(C(F)(F)F)cc5)C(=O)OC[C@H](c5c6c(c(C)c(O)c54)OCO6)N3[C@@H](C#N)[C@@H](C2)N1C. The van der Waals surface area contributed by atoms with E-state index in [1.54, 1.807) is 6.92 Å². The summed E-state index contributed by atoms with van der Waals surface area (Å²) in [6.45, 7) is 5.22. The van der Waals surface area contributed by atoms with Crippen molar-refractivity contribution in [1.82, 2.24) is 15.1 Å². The number of piperazine rings is 1. The fourth-order valence-corrected chi connectivity index (χ4v) is 10.4. The maximum atomic E-state index is 13.7. The quantitative estimate of drug-likeness (QED) is 0.229. The van der Waals surface area contributed by atoms with Crippen LogP contribution >= 0.6 is 11.8 Å². The van der Waals surface area contributed by atoms with Gasteiger partial charge in [0.25, 0.3) is 0 Å². The standard InChI is InChI=1S/C39H37F3N4O7S/c1-17-11-21-12-24-25(13-43)46-26-14-51-38(50)23(44-27(47)10-7-20-5-8-22(9-6-20)39(40,41)42)15-54-37(32(46)31(45(24)4)28(21)33(48)18(17)2)30-29(26)36-35(52-16-53-36)19(3)34(30)49/h5-11,23-26,31-32,37,48-49H,12,14-16H2,1-4H3,(H,44,47)/b10-7+/t23-,24+,25-,26+,31+,32?,37+/m0/s1. The third-order valence-electron chi connectivity index (χ3n) is 11.6. The molecule has 0 saturated carbocycles. The molecule has 1 amide bonds. The number of alkyl halides is 3. The van der Waals surface area contributed by atoms with Gasteiger partial charge in [-0.2, -0.15) is 18.4 Å². The first kappa shape index (κ1) is 36.1. The van der Waals surface area contributed by atoms with E-state index in [2.05, 4.69) is 27.3 Å². The lowest BCUT2D eigenvalue weighted by atomic mass is 9.71. The Labute approximate surface area is 313 Å². The van der Waals surface area contributed by atoms with Crippen molar-refractivity contribution >= 4 is 29.7 Å². The minimum Gasteiger partial charge on any atom is -0.507 e. The van der Waals surface area contributed by atoms with Gasteiger partial charge in [-0.3, -0.25) is 14.6 Å². The first-order valence-corrected chi connectivity index (χ1v) is 18.6. The number of aryl methyl sites for hydroxylation is 1. The van der Waals surface area contributed by atoms with E-state index in [0.717, 1.165) is 40.5 Å². The highest BCUT2D eigenvalue weighted by molar-refractivity contribution is 7.99. The van der Waals surface area contributed by atoms with E-state index in [9.17, 15) is 38.2 Å². The highest BCUT2D eigenvalue weighted by Crippen LogP contribution is 2.63. The van der Waals surface area contributed by atoms with Gasteiger partial charge in [0, 0.05) is 46.2 Å². The van der Waals surface area contributed by atoms with Gasteiger partial charge in [-0.15, -0.1) is 11.8 Å². The molecule has 54 heavy (non-hydrogen) atoms. The second-order valence-corrected chi connectivity index (χ2v) is 15.6. The molecule has 6 heterocycles. The Balaban J connectivity index is 1.21. The molecule has 15 heteroatoms. The summed E-state index contributed by atoms with van der Waals surface area (Å²) >= 11 is 1.31. The number of halogens is 3. The van der Waals surface area contributed by atoms with Gasteiger partial charge in [0.05, 0.1) is 29.0 Å². The molecule has 9 rings (SSSR count). The Kier molecular flexibility index (Phi) is 8.78. The van der Waals surface area contributed by atoms with E-state index in [-0.39, 0.29) is 36.7 Å². The summed E-state index contributed by atoms with van der Waals surface area (Å²) in [6.07, 6.45) is -1.51. The van der Waals surface area contributed by atoms with Crippen LogP contribution in [0, 0.1) is 32.1 Å². The van der Waals surface area contributed by atoms with Crippen molar-refractivity contribution in [2.45, 2.75) is 74.9 Å². The summed E-state index contributed by atoms with van der Waals surface area (Å²) in [6, 6.07) is 5.06. The number of hydrogen-bond donors (Lipinski definition) is 3. The molecule has 11 nitrogen and oxygen atoms in total. The third kappa shape index (κ3) is 5.56. The molecule has 0 aliphatic carbocycles. The zero-order valence-electron chi connectivity index (χ0n) is 29.7. The van der Waals surface area contributed by atoms with Crippen molar-refractivity contribution in [2.75, 3.05) is 26.2 Å². The Morgan fingerprint density at radius 2 is 1.74 bits per heavy atom. The summed E-state index contributed by atoms with van der Waals surface area (Å²) in [5.41, 5.74) is 4.52. The molecular formula is C39H37F3N4O7S. The molecule has 3 aromatic rings. The summed E-state index contributed by atoms with van der Waals surface area (Å²) in [7, 11) is 1.95. The van der Waals surface area contributed by atoms with Crippen molar-refractivity contribution in [2.24, 2.45) is 0 Å². The lowest BCUT2D eigenvalue weighted by Crippen LogP contribution is -2.69. The molecule has 6 aliphatic heterocycles. The lowest BCUT2D eigenvalue weighted by molar-refractivity contribution is -0.152. The van der Waals surface area contributed by atoms with Crippen molar-refractivity contribution < 1.29 is 47.2 Å². The van der Waals surface area contributed by atoms with Crippen LogP contribution in [0.2, 0.25) is 0 Å². The van der Waals surface area contributed by atoms with Gasteiger partial charge in [0.15, 0.2) is 11.5 Å². The molecule has 282 valence electrons. The number of nitrogens with zero attached hydrogens (tertiary/aromatic N) is 3. The average molecular weight is 763 g/mol. The van der Waals surface area contributed by atoms with Gasteiger partial charge < -0.3 is 29.7 Å². The summed E-state index contributed by atoms with van der Waals surface area (Å²) < 4.78 is 56.9. The minimum absolute atomic E-state index is 0.00637. The lowest BCUT2D eigenvalue weighted by Gasteiger charge is -2.61. The molecule has 4 bridgehead atoms. The van der Waals surface area contributed by atoms with Gasteiger partial charge >= 0.3 is 12.1 Å². The fraction of sp³-hybridized carbons (Fsp3) is 0.410. The number of hydrogen-bond acceptors (Lipinski definition) is 11. The number of rotatable bonds is 3. The van der Waals surface area contributed by atoms with Crippen LogP contribution < -0.4 is 14.8 Å². The van der Waals surface area contributed by atoms with E-state index in [0.29, 0.717) is 40.2 Å². The van der Waals surface area contributed by atoms with Crippen LogP contribution in [0.15, 0.2) is 36.4 Å². The minimum atomic E-state index is -4.50. The number of nitriles is 1. The Morgan fingerprint density at radius 1 is 1.04 bits per heavy atom. The van der Waals surface area contributed by atoms with Crippen LogP contribution in [0.3, 0.4) is 0 Å². The molecule has 2 saturated heterocycles. The Bertz CT molecular complexity index is 2150. The largest absolute Gasteiger partial charge is 0.507 e. The average Bonchev–Trinajstić information content (AvgIpc) is 3.63. The topological polar surface area (TPSA) is 145 Å². The molecule has 6 aliphatic rings. The zero-order chi connectivity index (χ0) is 38.4. The molecule has 0 spiro atoms. The van der Waals surface area contributed by atoms with E-state index >= 15 is 0 Å². The highest BCUT2D eigenvalue weighted by atomic mass is 32.2. The van der Waals surface area contributed by atoms with Crippen LogP contribution in [-0.4, -0.2) is 82.3 Å². The van der Waals surface area contributed by atoms with Crippen LogP contribution in [0.4, 0.5) is 13.2 Å². The molecular weight excluding hydrogens is 726 g/mol. The predicted molar refractivity (Wildman–Crippen MR) is 191 cm³/mol. The van der Waals surface area contributed by atoms with Crippen molar-refractivity contribution in [3.05, 3.63) is 86.5 Å². The number of amides is 1. The second-order valence-electron chi connectivity index (χ2n) is 14.4. The normalized spacial score (nSPS) is 27.4. The van der Waals surface area contributed by atoms with Crippen LogP contribution in [0.1, 0.15) is 67.4 Å². The highest BCUT2D eigenvalue weighted by Gasteiger charge is 2.60. The van der Waals surface area contributed by atoms with E-state index in [1.165, 1.54) is 30.0 Å². The maximum absolute atomic E-state index is 13.7. The summed E-state index contributed by atoms with van der Waals surface area (Å²) in [5, 5.41) is 36.8. The number of carbonyl (C=O) groups excluding carboxylic acids is 2. The number of carbonyl (C=O) groups is 2. The van der Waals surface area contributed by atoms with Gasteiger partial charge in [-0.05, 0) is 74.7 Å². The fourth-order valence-electron chi connectivity index (χ4n) is 8.85. The van der Waals surface area contributed by atoms with Crippen LogP contribution in [0.25, 0.3) is 6.08 Å². The molecule has 2 fully saturated rings. The number of phenols is 2. The van der Waals surface area contributed by atoms with Crippen molar-refractivity contribution in [1.29, 1.82) is 5.26 Å². The van der Waals surface area contributed by atoms with Crippen LogP contribution in [-0.2, 0) is 26.9 Å². The number of thioether (sulfide) groups is 1. The monoisotopic (exact) mass is 762 g/mol. The summed E-state index contributed by atoms with van der Waals surface area (Å²) in [5.74, 6) is -0.424. The first-order chi connectivity index (χ1) is 25.7. The molecule has 0 radical (unpaired) electrons. The molecule has 3 aromatic carbocycles. The van der Waals surface area contributed by atoms with Crippen LogP contribution in [0.5, 0.6) is 23.0 Å². The van der Waals surface area contributed by atoms with Gasteiger partial charge in [-0.1, -0.05) is 18.2 Å². The van der Waals surface area contributed by atoms with E-state index < -0.39 is 59.1 Å². The molecule has 7 atom stereocenters. The number of ether oxygens (including phenoxy) is 3. The summed E-state index contributed by atoms with van der Waals surface area (Å²) in [4.78, 5) is 31.1. The smallest absolute Gasteiger partial charge is 0.416 e. The van der Waals surface area contributed by atoms with E-state index in [4.69, 9.17) is 14.2 Å². The Hall–Kier alpha value is -4.91. The number of nitrogens with one attached hydrogen (secondary N) is 1. The van der Waals surface area contributed by atoms with Crippen molar-refractivity contribution in [3.63, 3.8) is 0 Å². The number of likely N-dealkylation sites (N-methyl/N-ethyl adjacent to an activating group) is 1. The number of esters is 1. The molecule has 0 aromatic heterocycles. The first-order valence-electron chi connectivity index (χ1n) is 17.5. The predicted octanol–water partition coefficient (Wildman–Crippen LogP) is 5.53. The zero-order valence-corrected chi connectivity index (χ0v) is 30.5. The number of phenolic OH excluding ortho intramolecular Hbond substituents is 2. The molecule has 1 unspecified atom stereocenters. The van der Waals surface area contributed by atoms with Gasteiger partial charge in [0.1, 0.15) is 30.2 Å². The van der Waals surface area contributed by atoms with Gasteiger partial charge in [0.2, 0.25) is 12.7 Å². The Morgan fingerprint density at radius 3 is 2.44 bits per heavy atom.